The summed E-state index contributed by atoms with van der Waals surface area (Å²) in [6.07, 6.45) is 4.65. The van der Waals surface area contributed by atoms with Crippen LogP contribution in [0.15, 0.2) is 24.5 Å². The van der Waals surface area contributed by atoms with Crippen molar-refractivity contribution in [2.75, 3.05) is 30.4 Å². The van der Waals surface area contributed by atoms with Gasteiger partial charge in [0.05, 0.1) is 22.0 Å². The number of anilines is 3. The molecule has 166 valence electrons. The molecule has 2 saturated heterocycles. The van der Waals surface area contributed by atoms with Crippen LogP contribution in [0.1, 0.15) is 17.8 Å². The zero-order chi connectivity index (χ0) is 22.7. The van der Waals surface area contributed by atoms with Crippen LogP contribution in [0.4, 0.5) is 17.6 Å². The number of likely N-dealkylation sites (tertiary alicyclic amines) is 1. The number of nitrogens with zero attached hydrogens (tertiary/aromatic N) is 9. The van der Waals surface area contributed by atoms with Gasteiger partial charge in [-0.05, 0) is 20.4 Å². The van der Waals surface area contributed by atoms with E-state index in [0.717, 1.165) is 51.3 Å². The Morgan fingerprint density at radius 3 is 2.73 bits per heavy atom. The highest BCUT2D eigenvalue weighted by Gasteiger charge is 2.42. The number of hydrogen-bond acceptors (Lipinski definition) is 10. The van der Waals surface area contributed by atoms with Crippen molar-refractivity contribution in [1.82, 2.24) is 34.6 Å². The van der Waals surface area contributed by atoms with Crippen molar-refractivity contribution in [3.8, 4) is 16.6 Å². The van der Waals surface area contributed by atoms with Crippen molar-refractivity contribution >= 4 is 39.1 Å². The third-order valence-corrected chi connectivity index (χ3v) is 7.46. The summed E-state index contributed by atoms with van der Waals surface area (Å²) in [6, 6.07) is 7.09. The van der Waals surface area contributed by atoms with E-state index in [2.05, 4.69) is 38.3 Å². The highest BCUT2D eigenvalue weighted by Crippen LogP contribution is 2.34. The molecule has 4 aromatic heterocycles. The Bertz CT molecular complexity index is 1410. The topological polar surface area (TPSA) is 112 Å². The lowest BCUT2D eigenvalue weighted by Crippen LogP contribution is -2.45. The quantitative estimate of drug-likeness (QED) is 0.493. The molecular weight excluding hydrogens is 436 g/mol. The molecule has 0 saturated carbocycles. The fourth-order valence-electron chi connectivity index (χ4n) is 4.73. The molecule has 0 spiro atoms. The van der Waals surface area contributed by atoms with Crippen LogP contribution in [0.3, 0.4) is 0 Å². The summed E-state index contributed by atoms with van der Waals surface area (Å²) in [4.78, 5) is 23.5. The van der Waals surface area contributed by atoms with E-state index in [1.165, 1.54) is 17.8 Å². The van der Waals surface area contributed by atoms with Crippen LogP contribution in [0.25, 0.3) is 20.8 Å². The Hall–Kier alpha value is -3.62. The van der Waals surface area contributed by atoms with Gasteiger partial charge < -0.3 is 10.2 Å². The molecule has 0 radical (unpaired) electrons. The molecule has 11 heteroatoms. The maximum Gasteiger partial charge on any atom is 0.227 e. The number of aryl methyl sites for hydroxylation is 2. The van der Waals surface area contributed by atoms with E-state index in [0.29, 0.717) is 23.6 Å². The van der Waals surface area contributed by atoms with Gasteiger partial charge in [-0.15, -0.1) is 11.3 Å². The van der Waals surface area contributed by atoms with Crippen LogP contribution in [0.5, 0.6) is 0 Å². The first-order valence-electron chi connectivity index (χ1n) is 10.8. The number of nitriles is 1. The second kappa shape index (κ2) is 7.47. The largest absolute Gasteiger partial charge is 0.335 e. The lowest BCUT2D eigenvalue weighted by Gasteiger charge is -2.32. The fraction of sp³-hybridized carbons (Fsp3) is 0.364. The highest BCUT2D eigenvalue weighted by molar-refractivity contribution is 7.21. The number of thiazole rings is 1. The number of fused-ring (bicyclic) bond motifs is 3. The maximum atomic E-state index is 9.43. The molecule has 2 aliphatic rings. The first-order valence-corrected chi connectivity index (χ1v) is 11.6. The minimum Gasteiger partial charge on any atom is -0.335 e. The molecule has 1 N–H and O–H groups in total. The van der Waals surface area contributed by atoms with Gasteiger partial charge in [-0.25, -0.2) is 15.0 Å². The number of pyridine rings is 1. The van der Waals surface area contributed by atoms with E-state index in [1.54, 1.807) is 24.1 Å². The SMILES string of the molecule is Cc1cc(Nc2cc3nc(-c4cnn(C)c4C#N)sc3cn2)nc(N2C[C@@H]3C[C@H]2CN3C)n1. The second-order valence-corrected chi connectivity index (χ2v) is 9.68. The zero-order valence-corrected chi connectivity index (χ0v) is 19.3. The van der Waals surface area contributed by atoms with Crippen LogP contribution in [-0.2, 0) is 7.05 Å². The molecule has 2 aliphatic heterocycles. The van der Waals surface area contributed by atoms with E-state index < -0.39 is 0 Å². The first-order chi connectivity index (χ1) is 16.0. The number of hydrogen-bond donors (Lipinski definition) is 1. The van der Waals surface area contributed by atoms with Crippen LogP contribution in [0, 0.1) is 18.3 Å². The van der Waals surface area contributed by atoms with E-state index >= 15 is 0 Å². The molecule has 0 unspecified atom stereocenters. The van der Waals surface area contributed by atoms with Gasteiger partial charge in [0.2, 0.25) is 5.95 Å². The van der Waals surface area contributed by atoms with Gasteiger partial charge in [0, 0.05) is 56.2 Å². The Labute approximate surface area is 194 Å². The smallest absolute Gasteiger partial charge is 0.227 e. The number of likely N-dealkylation sites (N-methyl/N-ethyl adjacent to an activating group) is 1. The molecule has 6 heterocycles. The molecular formula is C22H22N10S. The van der Waals surface area contributed by atoms with Crippen molar-refractivity contribution < 1.29 is 0 Å². The first kappa shape index (κ1) is 20.0. The normalized spacial score (nSPS) is 20.0. The minimum absolute atomic E-state index is 0.475. The number of nitrogens with one attached hydrogen (secondary N) is 1. The highest BCUT2D eigenvalue weighted by atomic mass is 32.1. The van der Waals surface area contributed by atoms with Crippen LogP contribution in [-0.4, -0.2) is 66.8 Å². The lowest BCUT2D eigenvalue weighted by atomic mass is 10.2. The zero-order valence-electron chi connectivity index (χ0n) is 18.5. The van der Waals surface area contributed by atoms with Crippen LogP contribution >= 0.6 is 11.3 Å². The summed E-state index contributed by atoms with van der Waals surface area (Å²) < 4.78 is 2.51. The molecule has 0 aliphatic carbocycles. The van der Waals surface area contributed by atoms with Gasteiger partial charge in [0.1, 0.15) is 28.4 Å². The number of aromatic nitrogens is 6. The van der Waals surface area contributed by atoms with Crippen molar-refractivity contribution in [2.24, 2.45) is 7.05 Å². The Kier molecular flexibility index (Phi) is 4.53. The van der Waals surface area contributed by atoms with Gasteiger partial charge >= 0.3 is 0 Å². The molecule has 4 aromatic rings. The summed E-state index contributed by atoms with van der Waals surface area (Å²) >= 11 is 1.49. The standard InChI is InChI=1S/C22H22N10S/c1-12-4-20(29-22(26-12)32-11-13-5-14(32)10-30(13)2)28-19-6-16-18(9-24-19)33-21(27-16)15-8-25-31(3)17(15)7-23/h4,6,8-9,13-14H,5,10-11H2,1-3H3,(H,24,26,28,29)/t13-,14-/m0/s1. The second-order valence-electron chi connectivity index (χ2n) is 8.65. The van der Waals surface area contributed by atoms with E-state index in [9.17, 15) is 5.26 Å². The number of piperazine rings is 1. The average molecular weight is 459 g/mol. The van der Waals surface area contributed by atoms with Crippen LogP contribution in [0.2, 0.25) is 0 Å². The Morgan fingerprint density at radius 2 is 1.97 bits per heavy atom. The van der Waals surface area contributed by atoms with Crippen LogP contribution < -0.4 is 10.2 Å². The van der Waals surface area contributed by atoms with Crippen molar-refractivity contribution in [3.05, 3.63) is 35.9 Å². The molecule has 0 aromatic carbocycles. The predicted octanol–water partition coefficient (Wildman–Crippen LogP) is 2.70. The Balaban J connectivity index is 1.28. The summed E-state index contributed by atoms with van der Waals surface area (Å²) in [5.41, 5.74) is 2.95. The van der Waals surface area contributed by atoms with E-state index in [-0.39, 0.29) is 0 Å². The van der Waals surface area contributed by atoms with E-state index in [4.69, 9.17) is 15.0 Å². The van der Waals surface area contributed by atoms with Crippen molar-refractivity contribution in [1.29, 1.82) is 5.26 Å². The summed E-state index contributed by atoms with van der Waals surface area (Å²) in [7, 11) is 3.94. The monoisotopic (exact) mass is 458 g/mol. The third kappa shape index (κ3) is 3.39. The molecule has 10 nitrogen and oxygen atoms in total. The van der Waals surface area contributed by atoms with Gasteiger partial charge in [0.25, 0.3) is 0 Å². The molecule has 0 amide bonds. The van der Waals surface area contributed by atoms with Gasteiger partial charge in [-0.2, -0.15) is 15.3 Å². The molecule has 6 rings (SSSR count). The van der Waals surface area contributed by atoms with Gasteiger partial charge in [0.15, 0.2) is 0 Å². The molecule has 2 bridgehead atoms. The van der Waals surface area contributed by atoms with Gasteiger partial charge in [-0.3, -0.25) is 9.58 Å². The minimum atomic E-state index is 0.475. The van der Waals surface area contributed by atoms with Crippen molar-refractivity contribution in [2.45, 2.75) is 25.4 Å². The lowest BCUT2D eigenvalue weighted by molar-refractivity contribution is 0.291. The summed E-state index contributed by atoms with van der Waals surface area (Å²) in [6.45, 7) is 4.01. The summed E-state index contributed by atoms with van der Waals surface area (Å²) in [5.74, 6) is 2.16. The average Bonchev–Trinajstić information content (AvgIpc) is 3.54. The molecule has 2 atom stereocenters. The number of rotatable bonds is 4. The fourth-order valence-corrected chi connectivity index (χ4v) is 5.66. The van der Waals surface area contributed by atoms with Gasteiger partial charge in [-0.1, -0.05) is 0 Å². The predicted molar refractivity (Wildman–Crippen MR) is 127 cm³/mol. The van der Waals surface area contributed by atoms with Crippen molar-refractivity contribution in [3.63, 3.8) is 0 Å². The molecule has 2 fully saturated rings. The Morgan fingerprint density at radius 1 is 1.09 bits per heavy atom. The van der Waals surface area contributed by atoms with E-state index in [1.807, 2.05) is 19.1 Å². The third-order valence-electron chi connectivity index (χ3n) is 6.42. The molecule has 33 heavy (non-hydrogen) atoms. The maximum absolute atomic E-state index is 9.43. The summed E-state index contributed by atoms with van der Waals surface area (Å²) in [5, 5.41) is 17.7.